The number of halogens is 1. The molecule has 2 unspecified atom stereocenters. The van der Waals surface area contributed by atoms with Crippen molar-refractivity contribution in [3.8, 4) is 0 Å². The molecular weight excluding hydrogens is 330 g/mol. The molecule has 1 aromatic rings. The zero-order valence-electron chi connectivity index (χ0n) is 12.3. The van der Waals surface area contributed by atoms with E-state index < -0.39 is 14.9 Å². The first-order chi connectivity index (χ1) is 10.1. The van der Waals surface area contributed by atoms with Crippen LogP contribution >= 0.6 is 11.6 Å². The number of hydrogen-bond donors (Lipinski definition) is 1. The van der Waals surface area contributed by atoms with Gasteiger partial charge in [0, 0.05) is 30.8 Å². The molecular formula is C13H18ClN3O4S. The highest BCUT2D eigenvalue weighted by molar-refractivity contribution is 7.89. The van der Waals surface area contributed by atoms with Crippen molar-refractivity contribution in [2.45, 2.75) is 31.2 Å². The van der Waals surface area contributed by atoms with Gasteiger partial charge in [0.15, 0.2) is 0 Å². The number of benzene rings is 1. The second kappa shape index (κ2) is 6.11. The third-order valence-corrected chi connectivity index (χ3v) is 6.29. The SMILES string of the molecule is Cc1c(Cl)cc(S(=O)(=O)N2CCC(N)C(C)C2)cc1[N+](=O)[O-]. The molecule has 2 N–H and O–H groups in total. The molecule has 122 valence electrons. The first-order valence-electron chi connectivity index (χ1n) is 6.85. The summed E-state index contributed by atoms with van der Waals surface area (Å²) in [5.74, 6) is 0.0273. The molecule has 0 spiro atoms. The quantitative estimate of drug-likeness (QED) is 0.664. The van der Waals surface area contributed by atoms with Crippen LogP contribution in [0.4, 0.5) is 5.69 Å². The number of nitrogens with zero attached hydrogens (tertiary/aromatic N) is 2. The Labute approximate surface area is 134 Å². The molecule has 2 rings (SSSR count). The lowest BCUT2D eigenvalue weighted by Crippen LogP contribution is -2.48. The minimum absolute atomic E-state index is 0.0273. The van der Waals surface area contributed by atoms with E-state index in [0.29, 0.717) is 19.5 Å². The number of piperidine rings is 1. The van der Waals surface area contributed by atoms with Crippen LogP contribution in [0, 0.1) is 23.0 Å². The second-order valence-electron chi connectivity index (χ2n) is 5.60. The maximum Gasteiger partial charge on any atom is 0.275 e. The number of nitro groups is 1. The van der Waals surface area contributed by atoms with E-state index in [1.54, 1.807) is 0 Å². The van der Waals surface area contributed by atoms with Crippen molar-refractivity contribution < 1.29 is 13.3 Å². The van der Waals surface area contributed by atoms with Crippen molar-refractivity contribution >= 4 is 27.3 Å². The molecule has 0 saturated carbocycles. The topological polar surface area (TPSA) is 107 Å². The number of hydrogen-bond acceptors (Lipinski definition) is 5. The highest BCUT2D eigenvalue weighted by Gasteiger charge is 2.33. The van der Waals surface area contributed by atoms with Crippen LogP contribution in [0.3, 0.4) is 0 Å². The Morgan fingerprint density at radius 1 is 1.45 bits per heavy atom. The first-order valence-corrected chi connectivity index (χ1v) is 8.66. The van der Waals surface area contributed by atoms with E-state index in [0.717, 1.165) is 6.07 Å². The summed E-state index contributed by atoms with van der Waals surface area (Å²) < 4.78 is 26.7. The van der Waals surface area contributed by atoms with Crippen LogP contribution in [0.2, 0.25) is 5.02 Å². The summed E-state index contributed by atoms with van der Waals surface area (Å²) in [5, 5.41) is 11.1. The van der Waals surface area contributed by atoms with Crippen molar-refractivity contribution in [3.05, 3.63) is 32.8 Å². The highest BCUT2D eigenvalue weighted by atomic mass is 35.5. The molecule has 1 aliphatic heterocycles. The van der Waals surface area contributed by atoms with E-state index in [9.17, 15) is 18.5 Å². The normalized spacial score (nSPS) is 23.5. The number of sulfonamides is 1. The van der Waals surface area contributed by atoms with E-state index in [4.69, 9.17) is 17.3 Å². The van der Waals surface area contributed by atoms with Crippen LogP contribution in [-0.4, -0.2) is 36.8 Å². The van der Waals surface area contributed by atoms with Crippen molar-refractivity contribution in [1.29, 1.82) is 0 Å². The Morgan fingerprint density at radius 3 is 2.64 bits per heavy atom. The van der Waals surface area contributed by atoms with E-state index in [2.05, 4.69) is 0 Å². The average molecular weight is 348 g/mol. The zero-order valence-corrected chi connectivity index (χ0v) is 13.9. The summed E-state index contributed by atoms with van der Waals surface area (Å²) in [5.41, 5.74) is 5.85. The molecule has 1 saturated heterocycles. The molecule has 0 radical (unpaired) electrons. The van der Waals surface area contributed by atoms with Crippen molar-refractivity contribution in [2.75, 3.05) is 13.1 Å². The molecule has 0 bridgehead atoms. The van der Waals surface area contributed by atoms with Gasteiger partial charge in [-0.2, -0.15) is 4.31 Å². The van der Waals surface area contributed by atoms with Gasteiger partial charge in [0.05, 0.1) is 14.8 Å². The van der Waals surface area contributed by atoms with Crippen molar-refractivity contribution in [2.24, 2.45) is 11.7 Å². The van der Waals surface area contributed by atoms with Crippen LogP contribution < -0.4 is 5.73 Å². The summed E-state index contributed by atoms with van der Waals surface area (Å²) in [7, 11) is -3.82. The lowest BCUT2D eigenvalue weighted by Gasteiger charge is -2.34. The van der Waals surface area contributed by atoms with Gasteiger partial charge in [-0.1, -0.05) is 18.5 Å². The molecule has 1 fully saturated rings. The molecule has 1 aliphatic rings. The summed E-state index contributed by atoms with van der Waals surface area (Å²) in [6.07, 6.45) is 0.558. The largest absolute Gasteiger partial charge is 0.327 e. The van der Waals surface area contributed by atoms with Gasteiger partial charge in [0.25, 0.3) is 5.69 Å². The molecule has 1 aromatic carbocycles. The van der Waals surface area contributed by atoms with Gasteiger partial charge in [-0.15, -0.1) is 0 Å². The van der Waals surface area contributed by atoms with Crippen molar-refractivity contribution in [3.63, 3.8) is 0 Å². The van der Waals surface area contributed by atoms with Gasteiger partial charge in [-0.05, 0) is 25.3 Å². The van der Waals surface area contributed by atoms with Gasteiger partial charge in [-0.25, -0.2) is 8.42 Å². The van der Waals surface area contributed by atoms with Crippen molar-refractivity contribution in [1.82, 2.24) is 4.31 Å². The Balaban J connectivity index is 2.44. The maximum atomic E-state index is 12.7. The van der Waals surface area contributed by atoms with Gasteiger partial charge in [0.2, 0.25) is 10.0 Å². The minimum atomic E-state index is -3.82. The number of nitrogens with two attached hydrogens (primary N) is 1. The number of nitro benzene ring substituents is 1. The molecule has 2 atom stereocenters. The van der Waals surface area contributed by atoms with Crippen LogP contribution in [0.15, 0.2) is 17.0 Å². The molecule has 0 aromatic heterocycles. The zero-order chi connectivity index (χ0) is 16.7. The molecule has 9 heteroatoms. The molecule has 22 heavy (non-hydrogen) atoms. The van der Waals surface area contributed by atoms with E-state index in [1.807, 2.05) is 6.92 Å². The summed E-state index contributed by atoms with van der Waals surface area (Å²) in [6.45, 7) is 3.96. The average Bonchev–Trinajstić information content (AvgIpc) is 2.44. The summed E-state index contributed by atoms with van der Waals surface area (Å²) in [6, 6.07) is 2.29. The van der Waals surface area contributed by atoms with Crippen LogP contribution in [0.1, 0.15) is 18.9 Å². The second-order valence-corrected chi connectivity index (χ2v) is 7.94. The monoisotopic (exact) mass is 347 g/mol. The fourth-order valence-electron chi connectivity index (χ4n) is 2.47. The highest BCUT2D eigenvalue weighted by Crippen LogP contribution is 2.32. The number of rotatable bonds is 3. The van der Waals surface area contributed by atoms with Gasteiger partial charge >= 0.3 is 0 Å². The fourth-order valence-corrected chi connectivity index (χ4v) is 4.35. The standard InChI is InChI=1S/C13H18ClN3O4S/c1-8-7-16(4-3-12(8)15)22(20,21)10-5-11(14)9(2)13(6-10)17(18)19/h5-6,8,12H,3-4,7,15H2,1-2H3. The summed E-state index contributed by atoms with van der Waals surface area (Å²) in [4.78, 5) is 10.3. The molecule has 1 heterocycles. The summed E-state index contributed by atoms with van der Waals surface area (Å²) >= 11 is 5.95. The van der Waals surface area contributed by atoms with E-state index in [1.165, 1.54) is 17.3 Å². The Morgan fingerprint density at radius 2 is 2.09 bits per heavy atom. The first kappa shape index (κ1) is 17.1. The third kappa shape index (κ3) is 3.10. The van der Waals surface area contributed by atoms with E-state index in [-0.39, 0.29) is 33.1 Å². The lowest BCUT2D eigenvalue weighted by molar-refractivity contribution is -0.385. The van der Waals surface area contributed by atoms with Gasteiger partial charge in [0.1, 0.15) is 0 Å². The van der Waals surface area contributed by atoms with Crippen LogP contribution in [-0.2, 0) is 10.0 Å². The lowest BCUT2D eigenvalue weighted by atomic mass is 9.96. The predicted molar refractivity (Wildman–Crippen MR) is 83.4 cm³/mol. The van der Waals surface area contributed by atoms with Gasteiger partial charge < -0.3 is 5.73 Å². The third-order valence-electron chi connectivity index (χ3n) is 4.06. The van der Waals surface area contributed by atoms with Crippen LogP contribution in [0.25, 0.3) is 0 Å². The van der Waals surface area contributed by atoms with E-state index >= 15 is 0 Å². The van der Waals surface area contributed by atoms with Gasteiger partial charge in [-0.3, -0.25) is 10.1 Å². The predicted octanol–water partition coefficient (Wildman–Crippen LogP) is 1.91. The smallest absolute Gasteiger partial charge is 0.275 e. The minimum Gasteiger partial charge on any atom is -0.327 e. The Hall–Kier alpha value is -1.22. The fraction of sp³-hybridized carbons (Fsp3) is 0.538. The maximum absolute atomic E-state index is 12.7. The Kier molecular flexibility index (Phi) is 4.76. The molecule has 0 amide bonds. The van der Waals surface area contributed by atoms with Crippen LogP contribution in [0.5, 0.6) is 0 Å². The Bertz CT molecular complexity index is 707. The molecule has 7 nitrogen and oxygen atoms in total. The molecule has 0 aliphatic carbocycles.